The van der Waals surface area contributed by atoms with E-state index < -0.39 is 0 Å². The van der Waals surface area contributed by atoms with Gasteiger partial charge in [-0.25, -0.2) is 4.98 Å². The van der Waals surface area contributed by atoms with Gasteiger partial charge < -0.3 is 20.3 Å². The second kappa shape index (κ2) is 7.79. The molecule has 0 aliphatic rings. The maximum absolute atomic E-state index is 9.32. The van der Waals surface area contributed by atoms with Crippen molar-refractivity contribution in [2.75, 3.05) is 19.6 Å². The van der Waals surface area contributed by atoms with E-state index in [1.165, 1.54) is 0 Å². The topological polar surface area (TPSA) is 77.6 Å². The van der Waals surface area contributed by atoms with Crippen LogP contribution >= 0.6 is 0 Å². The number of hydrogen-bond donors (Lipinski definition) is 2. The van der Waals surface area contributed by atoms with E-state index in [2.05, 4.69) is 4.98 Å². The summed E-state index contributed by atoms with van der Waals surface area (Å²) in [5.74, 6) is 1.19. The van der Waals surface area contributed by atoms with Crippen LogP contribution in [-0.4, -0.2) is 24.0 Å². The molecule has 0 unspecified atom stereocenters. The average molecular weight is 336 g/mol. The van der Waals surface area contributed by atoms with Crippen molar-refractivity contribution in [2.24, 2.45) is 0 Å². The predicted molar refractivity (Wildman–Crippen MR) is 97.9 cm³/mol. The minimum atomic E-state index is 0.00599. The molecule has 25 heavy (non-hydrogen) atoms. The number of nitrogens with zero attached hydrogens (tertiary/aromatic N) is 1. The monoisotopic (exact) mass is 336 g/mol. The molecule has 0 atom stereocenters. The van der Waals surface area contributed by atoms with Gasteiger partial charge in [0.25, 0.3) is 0 Å². The van der Waals surface area contributed by atoms with Crippen molar-refractivity contribution < 1.29 is 14.6 Å². The molecule has 3 rings (SSSR count). The first kappa shape index (κ1) is 17.0. The van der Waals surface area contributed by atoms with Crippen molar-refractivity contribution in [1.82, 2.24) is 4.98 Å². The van der Waals surface area contributed by atoms with Crippen LogP contribution in [0.1, 0.15) is 5.56 Å². The van der Waals surface area contributed by atoms with E-state index in [0.717, 1.165) is 33.6 Å². The Morgan fingerprint density at radius 3 is 2.52 bits per heavy atom. The molecule has 3 N–H and O–H groups in total. The lowest BCUT2D eigenvalue weighted by Crippen LogP contribution is -1.99. The largest absolute Gasteiger partial charge is 0.468 e. The fourth-order valence-electron chi connectivity index (χ4n) is 2.57. The number of aromatic nitrogens is 1. The van der Waals surface area contributed by atoms with Gasteiger partial charge in [-0.2, -0.15) is 0 Å². The Labute approximate surface area is 146 Å². The number of nitrogens with two attached hydrogens (primary N) is 1. The summed E-state index contributed by atoms with van der Waals surface area (Å²) in [5, 5.41) is 9.32. The standard InChI is InChI=1S/C20H20N2O3/c1-24-13-25-18-7-5-15(6-8-18)19-10-17(11-22-20(19)21)16-4-2-3-14(9-16)12-23/h2-11,23H,12-13H2,1H3,(H2,21,22). The van der Waals surface area contributed by atoms with Gasteiger partial charge in [0.1, 0.15) is 11.6 Å². The van der Waals surface area contributed by atoms with E-state index >= 15 is 0 Å². The number of aliphatic hydroxyl groups is 1. The number of pyridine rings is 1. The van der Waals surface area contributed by atoms with E-state index in [0.29, 0.717) is 5.82 Å². The van der Waals surface area contributed by atoms with Gasteiger partial charge in [-0.1, -0.05) is 30.3 Å². The Morgan fingerprint density at radius 2 is 1.80 bits per heavy atom. The van der Waals surface area contributed by atoms with Gasteiger partial charge in [0.05, 0.1) is 6.61 Å². The SMILES string of the molecule is COCOc1ccc(-c2cc(-c3cccc(CO)c3)cnc2N)cc1. The summed E-state index contributed by atoms with van der Waals surface area (Å²) in [7, 11) is 1.58. The molecule has 0 saturated carbocycles. The Balaban J connectivity index is 1.93. The van der Waals surface area contributed by atoms with E-state index in [-0.39, 0.29) is 13.4 Å². The number of hydrogen-bond acceptors (Lipinski definition) is 5. The van der Waals surface area contributed by atoms with Crippen molar-refractivity contribution in [2.45, 2.75) is 6.61 Å². The number of rotatable bonds is 6. The first-order valence-corrected chi connectivity index (χ1v) is 7.89. The van der Waals surface area contributed by atoms with Crippen LogP contribution in [0.5, 0.6) is 5.75 Å². The molecule has 2 aromatic carbocycles. The van der Waals surface area contributed by atoms with Crippen molar-refractivity contribution in [3.63, 3.8) is 0 Å². The number of benzene rings is 2. The van der Waals surface area contributed by atoms with Crippen molar-refractivity contribution in [1.29, 1.82) is 0 Å². The van der Waals surface area contributed by atoms with E-state index in [4.69, 9.17) is 15.2 Å². The highest BCUT2D eigenvalue weighted by Gasteiger charge is 2.08. The summed E-state index contributed by atoms with van der Waals surface area (Å²) in [6.07, 6.45) is 1.74. The molecule has 0 spiro atoms. The molecule has 0 aliphatic heterocycles. The van der Waals surface area contributed by atoms with Gasteiger partial charge in [-0.3, -0.25) is 0 Å². The summed E-state index contributed by atoms with van der Waals surface area (Å²) in [6, 6.07) is 17.3. The van der Waals surface area contributed by atoms with Crippen molar-refractivity contribution >= 4 is 5.82 Å². The number of ether oxygens (including phenoxy) is 2. The third-order valence-electron chi connectivity index (χ3n) is 3.87. The second-order valence-corrected chi connectivity index (χ2v) is 5.59. The fourth-order valence-corrected chi connectivity index (χ4v) is 2.57. The smallest absolute Gasteiger partial charge is 0.188 e. The maximum atomic E-state index is 9.32. The zero-order valence-corrected chi connectivity index (χ0v) is 14.0. The lowest BCUT2D eigenvalue weighted by atomic mass is 10.00. The van der Waals surface area contributed by atoms with Crippen molar-refractivity contribution in [3.8, 4) is 28.0 Å². The summed E-state index contributed by atoms with van der Waals surface area (Å²) in [6.45, 7) is 0.214. The summed E-state index contributed by atoms with van der Waals surface area (Å²) in [5.41, 5.74) is 10.7. The van der Waals surface area contributed by atoms with Gasteiger partial charge in [0.2, 0.25) is 0 Å². The lowest BCUT2D eigenvalue weighted by Gasteiger charge is -2.10. The van der Waals surface area contributed by atoms with Gasteiger partial charge in [-0.05, 0) is 41.0 Å². The van der Waals surface area contributed by atoms with Crippen LogP contribution in [0.3, 0.4) is 0 Å². The molecule has 3 aromatic rings. The van der Waals surface area contributed by atoms with Crippen LogP contribution in [-0.2, 0) is 11.3 Å². The van der Waals surface area contributed by atoms with Crippen LogP contribution in [0.15, 0.2) is 60.8 Å². The zero-order valence-electron chi connectivity index (χ0n) is 14.0. The highest BCUT2D eigenvalue weighted by Crippen LogP contribution is 2.31. The molecule has 1 aromatic heterocycles. The van der Waals surface area contributed by atoms with E-state index in [1.54, 1.807) is 13.3 Å². The predicted octanol–water partition coefficient (Wildman–Crippen LogP) is 3.47. The molecule has 0 radical (unpaired) electrons. The van der Waals surface area contributed by atoms with Crippen LogP contribution < -0.4 is 10.5 Å². The molecular weight excluding hydrogens is 316 g/mol. The van der Waals surface area contributed by atoms with Crippen LogP contribution in [0.25, 0.3) is 22.3 Å². The Kier molecular flexibility index (Phi) is 5.28. The van der Waals surface area contributed by atoms with Crippen LogP contribution in [0.2, 0.25) is 0 Å². The zero-order chi connectivity index (χ0) is 17.6. The molecule has 1 heterocycles. The van der Waals surface area contributed by atoms with E-state index in [9.17, 15) is 5.11 Å². The minimum absolute atomic E-state index is 0.00599. The Bertz CT molecular complexity index is 848. The molecule has 0 fully saturated rings. The van der Waals surface area contributed by atoms with Crippen LogP contribution in [0, 0.1) is 0 Å². The molecule has 5 nitrogen and oxygen atoms in total. The average Bonchev–Trinajstić information content (AvgIpc) is 2.67. The molecule has 128 valence electrons. The lowest BCUT2D eigenvalue weighted by molar-refractivity contribution is 0.0511. The summed E-state index contributed by atoms with van der Waals surface area (Å²) < 4.78 is 10.3. The van der Waals surface area contributed by atoms with Gasteiger partial charge in [0, 0.05) is 24.4 Å². The van der Waals surface area contributed by atoms with E-state index in [1.807, 2.05) is 54.6 Å². The van der Waals surface area contributed by atoms with Crippen LogP contribution in [0.4, 0.5) is 5.82 Å². The van der Waals surface area contributed by atoms with Crippen molar-refractivity contribution in [3.05, 3.63) is 66.4 Å². The minimum Gasteiger partial charge on any atom is -0.468 e. The normalized spacial score (nSPS) is 10.6. The quantitative estimate of drug-likeness (QED) is 0.674. The number of aliphatic hydroxyl groups excluding tert-OH is 1. The summed E-state index contributed by atoms with van der Waals surface area (Å²) >= 11 is 0. The Hall–Kier alpha value is -2.89. The number of methoxy groups -OCH3 is 1. The highest BCUT2D eigenvalue weighted by atomic mass is 16.7. The molecule has 0 saturated heterocycles. The Morgan fingerprint density at radius 1 is 1.00 bits per heavy atom. The van der Waals surface area contributed by atoms with Gasteiger partial charge in [-0.15, -0.1) is 0 Å². The fraction of sp³-hybridized carbons (Fsp3) is 0.150. The second-order valence-electron chi connectivity index (χ2n) is 5.59. The maximum Gasteiger partial charge on any atom is 0.188 e. The molecular formula is C20H20N2O3. The number of nitrogen functional groups attached to an aromatic ring is 1. The third-order valence-corrected chi connectivity index (χ3v) is 3.87. The molecule has 0 amide bonds. The first-order chi connectivity index (χ1) is 12.2. The number of anilines is 1. The third kappa shape index (κ3) is 3.96. The molecule has 0 aliphatic carbocycles. The highest BCUT2D eigenvalue weighted by molar-refractivity contribution is 5.79. The molecule has 0 bridgehead atoms. The van der Waals surface area contributed by atoms with Gasteiger partial charge >= 0.3 is 0 Å². The first-order valence-electron chi connectivity index (χ1n) is 7.89. The molecule has 5 heteroatoms. The summed E-state index contributed by atoms with van der Waals surface area (Å²) in [4.78, 5) is 4.32. The van der Waals surface area contributed by atoms with Gasteiger partial charge in [0.15, 0.2) is 6.79 Å².